The van der Waals surface area contributed by atoms with Crippen LogP contribution < -0.4 is 18.9 Å². The van der Waals surface area contributed by atoms with Crippen molar-refractivity contribution in [2.75, 3.05) is 0 Å². The van der Waals surface area contributed by atoms with E-state index in [1.54, 1.807) is 48.5 Å². The second-order valence-electron chi connectivity index (χ2n) is 25.0. The first-order chi connectivity index (χ1) is 37.9. The molecule has 0 spiro atoms. The largest absolute Gasteiger partial charge is 0.487 e. The molecule has 1 aliphatic carbocycles. The van der Waals surface area contributed by atoms with Crippen LogP contribution in [0, 0.1) is 0 Å². The Kier molecular flexibility index (Phi) is 15.8. The molecule has 9 rings (SSSR count). The third-order valence-electron chi connectivity index (χ3n) is 14.7. The summed E-state index contributed by atoms with van der Waals surface area (Å²) in [4.78, 5) is 66.2. The fourth-order valence-corrected chi connectivity index (χ4v) is 9.72. The molecule has 0 amide bonds. The Morgan fingerprint density at radius 3 is 0.537 bits per heavy atom. The number of carbonyl (C=O) groups excluding carboxylic acids is 4. The van der Waals surface area contributed by atoms with Crippen molar-refractivity contribution in [2.24, 2.45) is 0 Å². The van der Waals surface area contributed by atoms with Gasteiger partial charge in [-0.25, -0.2) is 0 Å². The van der Waals surface area contributed by atoms with Gasteiger partial charge in [-0.05, 0) is 115 Å². The number of ether oxygens (including phenoxy) is 4. The highest BCUT2D eigenvalue weighted by Crippen LogP contribution is 2.45. The van der Waals surface area contributed by atoms with Crippen molar-refractivity contribution in [3.8, 4) is 23.0 Å². The molecule has 8 bridgehead atoms. The van der Waals surface area contributed by atoms with Crippen LogP contribution in [0.2, 0.25) is 0 Å². The zero-order valence-electron chi connectivity index (χ0n) is 48.3. The average Bonchev–Trinajstić information content (AvgIpc) is 3.52. The molecule has 8 aromatic carbocycles. The maximum absolute atomic E-state index is 16.5. The van der Waals surface area contributed by atoms with Crippen LogP contribution in [0.15, 0.2) is 170 Å². The van der Waals surface area contributed by atoms with Gasteiger partial charge in [-0.3, -0.25) is 19.2 Å². The molecule has 0 fully saturated rings. The van der Waals surface area contributed by atoms with Crippen LogP contribution in [-0.4, -0.2) is 23.1 Å². The van der Waals surface area contributed by atoms with E-state index in [-0.39, 0.29) is 93.9 Å². The summed E-state index contributed by atoms with van der Waals surface area (Å²) in [5.74, 6) is -1.95. The van der Waals surface area contributed by atoms with Crippen LogP contribution >= 0.6 is 0 Å². The van der Waals surface area contributed by atoms with Crippen LogP contribution in [0.1, 0.15) is 191 Å². The highest BCUT2D eigenvalue weighted by molar-refractivity contribution is 6.23. The van der Waals surface area contributed by atoms with Crippen molar-refractivity contribution in [1.29, 1.82) is 0 Å². The van der Waals surface area contributed by atoms with Crippen molar-refractivity contribution < 1.29 is 38.1 Å². The number of hydrogen-bond donors (Lipinski definition) is 0. The molecule has 80 heavy (non-hydrogen) atoms. The van der Waals surface area contributed by atoms with Crippen molar-refractivity contribution in [2.45, 2.75) is 131 Å². The fourth-order valence-electron chi connectivity index (χ4n) is 9.72. The Balaban J connectivity index is 1.47. The molecule has 0 saturated carbocycles. The van der Waals surface area contributed by atoms with E-state index < -0.39 is 44.8 Å². The summed E-state index contributed by atoms with van der Waals surface area (Å²) in [6, 6.07) is 52.7. The lowest BCUT2D eigenvalue weighted by atomic mass is 9.78. The molecule has 0 heterocycles. The van der Waals surface area contributed by atoms with Gasteiger partial charge in [-0.2, -0.15) is 0 Å². The smallest absolute Gasteiger partial charge is 0.200 e. The van der Waals surface area contributed by atoms with E-state index in [1.165, 1.54) is 0 Å². The minimum Gasteiger partial charge on any atom is -0.487 e. The standard InChI is InChI=1S/C72H72O8/c1-69(2,3)49-33-53-61(73)55-35-50(70(4,5)6)37-57(66(55)78-42-46-27-19-14-20-28-46)63(75)59-39-52(72(10,11)12)40-60(68(59)80-44-48-31-23-16-24-32-48)64(76)58-38-51(71(7,8)9)36-56(67(58)79-43-47-29-21-15-22-30-47)62(74)54(34-49)65(53)77-41-45-25-17-13-18-26-45/h13-40H,41-44H2,1-12H3. The normalized spacial score (nSPS) is 13.1. The molecule has 0 radical (unpaired) electrons. The van der Waals surface area contributed by atoms with E-state index in [2.05, 4.69) is 0 Å². The maximum atomic E-state index is 16.5. The summed E-state index contributed by atoms with van der Waals surface area (Å²) in [6.45, 7) is 24.3. The van der Waals surface area contributed by atoms with Gasteiger partial charge in [0, 0.05) is 0 Å². The van der Waals surface area contributed by atoms with Crippen molar-refractivity contribution in [1.82, 2.24) is 0 Å². The molecule has 8 heteroatoms. The van der Waals surface area contributed by atoms with E-state index in [0.717, 1.165) is 22.3 Å². The quantitative estimate of drug-likeness (QED) is 0.119. The van der Waals surface area contributed by atoms with Gasteiger partial charge in [0.1, 0.15) is 49.4 Å². The second-order valence-corrected chi connectivity index (χ2v) is 25.0. The van der Waals surface area contributed by atoms with E-state index in [1.807, 2.05) is 204 Å². The SMILES string of the molecule is CC(C)(C)c1cc2c(OCc3ccccc3)c(c1)C(=O)c1cc(C(C)(C)C)cc(c1OCc1ccccc1)C(=O)c1cc(C(C)(C)C)cc(c1OCc1ccccc1)C(=O)c1cc(C(C)(C)C)cc(c1OCc1ccccc1)C2=O. The average molecular weight is 1070 g/mol. The molecule has 0 unspecified atom stereocenters. The van der Waals surface area contributed by atoms with Crippen molar-refractivity contribution in [3.05, 3.63) is 259 Å². The Bertz CT molecular complexity index is 3030. The summed E-state index contributed by atoms with van der Waals surface area (Å²) in [5.41, 5.74) is 4.19. The third-order valence-corrected chi connectivity index (χ3v) is 14.7. The lowest BCUT2D eigenvalue weighted by molar-refractivity contribution is 0.102. The first-order valence-electron chi connectivity index (χ1n) is 27.5. The topological polar surface area (TPSA) is 105 Å². The molecule has 8 aromatic rings. The van der Waals surface area contributed by atoms with Crippen LogP contribution in [0.3, 0.4) is 0 Å². The van der Waals surface area contributed by atoms with Crippen molar-refractivity contribution >= 4 is 23.1 Å². The number of hydrogen-bond acceptors (Lipinski definition) is 8. The zero-order chi connectivity index (χ0) is 57.3. The Hall–Kier alpha value is -8.36. The Morgan fingerprint density at radius 1 is 0.250 bits per heavy atom. The third kappa shape index (κ3) is 12.3. The predicted octanol–water partition coefficient (Wildman–Crippen LogP) is 16.4. The van der Waals surface area contributed by atoms with Gasteiger partial charge >= 0.3 is 0 Å². The molecule has 0 saturated heterocycles. The Morgan fingerprint density at radius 2 is 0.400 bits per heavy atom. The van der Waals surface area contributed by atoms with Gasteiger partial charge in [0.25, 0.3) is 0 Å². The number of fused-ring (bicyclic) bond motifs is 8. The highest BCUT2D eigenvalue weighted by atomic mass is 16.5. The summed E-state index contributed by atoms with van der Waals surface area (Å²) in [5, 5.41) is 0. The number of rotatable bonds is 12. The van der Waals surface area contributed by atoms with Gasteiger partial charge in [-0.15, -0.1) is 0 Å². The molecule has 408 valence electrons. The minimum atomic E-state index is -0.617. The lowest BCUT2D eigenvalue weighted by Crippen LogP contribution is -2.23. The Labute approximate surface area is 472 Å². The van der Waals surface area contributed by atoms with Gasteiger partial charge in [0.15, 0.2) is 0 Å². The van der Waals surface area contributed by atoms with Gasteiger partial charge in [-0.1, -0.05) is 204 Å². The zero-order valence-corrected chi connectivity index (χ0v) is 48.3. The number of benzene rings is 8. The summed E-state index contributed by atoms with van der Waals surface area (Å²) in [7, 11) is 0. The molecule has 8 nitrogen and oxygen atoms in total. The molecule has 1 aliphatic rings. The monoisotopic (exact) mass is 1060 g/mol. The number of carbonyl (C=O) groups is 4. The molecule has 0 aliphatic heterocycles. The van der Waals surface area contributed by atoms with E-state index in [4.69, 9.17) is 18.9 Å². The minimum absolute atomic E-state index is 0.000953. The van der Waals surface area contributed by atoms with Crippen LogP contribution in [-0.2, 0) is 48.1 Å². The van der Waals surface area contributed by atoms with Crippen molar-refractivity contribution in [3.63, 3.8) is 0 Å². The van der Waals surface area contributed by atoms with Crippen LogP contribution in [0.5, 0.6) is 23.0 Å². The van der Waals surface area contributed by atoms with Gasteiger partial charge in [0.2, 0.25) is 23.1 Å². The van der Waals surface area contributed by atoms with Gasteiger partial charge < -0.3 is 18.9 Å². The summed E-state index contributed by atoms with van der Waals surface area (Å²) in [6.07, 6.45) is 0. The molecule has 0 N–H and O–H groups in total. The van der Waals surface area contributed by atoms with E-state index >= 15 is 19.2 Å². The molecular weight excluding hydrogens is 993 g/mol. The predicted molar refractivity (Wildman–Crippen MR) is 317 cm³/mol. The van der Waals surface area contributed by atoms with E-state index in [9.17, 15) is 0 Å². The summed E-state index contributed by atoms with van der Waals surface area (Å²) < 4.78 is 27.6. The lowest BCUT2D eigenvalue weighted by Gasteiger charge is -2.28. The van der Waals surface area contributed by atoms with Gasteiger partial charge in [0.05, 0.1) is 44.5 Å². The first-order valence-corrected chi connectivity index (χ1v) is 27.5. The second kappa shape index (κ2) is 22.4. The molecule has 0 atom stereocenters. The summed E-state index contributed by atoms with van der Waals surface area (Å²) >= 11 is 0. The highest BCUT2D eigenvalue weighted by Gasteiger charge is 2.37. The fraction of sp³-hybridized carbons (Fsp3) is 0.278. The molecule has 0 aromatic heterocycles. The maximum Gasteiger partial charge on any atom is 0.200 e. The van der Waals surface area contributed by atoms with E-state index in [0.29, 0.717) is 22.3 Å². The van der Waals surface area contributed by atoms with Crippen LogP contribution in [0.25, 0.3) is 0 Å². The van der Waals surface area contributed by atoms with Crippen LogP contribution in [0.4, 0.5) is 0 Å². The first kappa shape index (κ1) is 56.4. The molecular formula is C72H72O8. The number of ketones is 4.